The SMILES string of the molecule is NC1CCC(C(=O)N2CCN(c3ccc([C@H]4CCC(=O)NC4=O)cc3)CC2)CC1. The fourth-order valence-electron chi connectivity index (χ4n) is 4.74. The number of rotatable bonds is 3. The molecule has 0 bridgehead atoms. The van der Waals surface area contributed by atoms with Crippen molar-refractivity contribution in [1.82, 2.24) is 10.2 Å². The van der Waals surface area contributed by atoms with E-state index in [0.717, 1.165) is 63.1 Å². The van der Waals surface area contributed by atoms with Gasteiger partial charge in [0.05, 0.1) is 5.92 Å². The van der Waals surface area contributed by atoms with Crippen molar-refractivity contribution in [3.05, 3.63) is 29.8 Å². The Hall–Kier alpha value is -2.41. The molecule has 156 valence electrons. The van der Waals surface area contributed by atoms with Crippen LogP contribution in [0.15, 0.2) is 24.3 Å². The van der Waals surface area contributed by atoms with Crippen molar-refractivity contribution >= 4 is 23.4 Å². The van der Waals surface area contributed by atoms with Crippen LogP contribution in [-0.4, -0.2) is 54.8 Å². The van der Waals surface area contributed by atoms with Gasteiger partial charge in [0.2, 0.25) is 17.7 Å². The van der Waals surface area contributed by atoms with Gasteiger partial charge >= 0.3 is 0 Å². The first-order valence-electron chi connectivity index (χ1n) is 10.7. The number of piperazine rings is 1. The summed E-state index contributed by atoms with van der Waals surface area (Å²) in [6.45, 7) is 3.12. The molecule has 3 aliphatic rings. The molecule has 2 saturated heterocycles. The monoisotopic (exact) mass is 398 g/mol. The number of nitrogens with one attached hydrogen (secondary N) is 1. The van der Waals surface area contributed by atoms with E-state index in [-0.39, 0.29) is 29.7 Å². The van der Waals surface area contributed by atoms with Gasteiger partial charge < -0.3 is 15.5 Å². The van der Waals surface area contributed by atoms with Gasteiger partial charge in [-0.05, 0) is 49.8 Å². The lowest BCUT2D eigenvalue weighted by Crippen LogP contribution is -2.51. The number of carbonyl (C=O) groups is 3. The van der Waals surface area contributed by atoms with Crippen molar-refractivity contribution in [1.29, 1.82) is 0 Å². The normalized spacial score (nSPS) is 28.2. The van der Waals surface area contributed by atoms with E-state index in [1.165, 1.54) is 0 Å². The fourth-order valence-corrected chi connectivity index (χ4v) is 4.74. The standard InChI is InChI=1S/C22H30N4O3/c23-17-5-1-16(2-6-17)22(29)26-13-11-25(12-14-26)18-7-3-15(4-8-18)19-9-10-20(27)24-21(19)28/h3-4,7-8,16-17,19H,1-2,5-6,9-14,23H2,(H,24,27,28)/t16?,17?,19-/m1/s1. The summed E-state index contributed by atoms with van der Waals surface area (Å²) in [5.41, 5.74) is 8.02. The summed E-state index contributed by atoms with van der Waals surface area (Å²) in [6, 6.07) is 8.31. The van der Waals surface area contributed by atoms with Gasteiger partial charge in [-0.3, -0.25) is 19.7 Å². The van der Waals surface area contributed by atoms with E-state index in [0.29, 0.717) is 18.7 Å². The Morgan fingerprint density at radius 1 is 0.931 bits per heavy atom. The zero-order chi connectivity index (χ0) is 20.4. The molecule has 29 heavy (non-hydrogen) atoms. The van der Waals surface area contributed by atoms with Crippen LogP contribution in [0.25, 0.3) is 0 Å². The highest BCUT2D eigenvalue weighted by Crippen LogP contribution is 2.28. The fraction of sp³-hybridized carbons (Fsp3) is 0.591. The summed E-state index contributed by atoms with van der Waals surface area (Å²) in [5.74, 6) is -0.199. The third-order valence-electron chi connectivity index (χ3n) is 6.61. The molecule has 3 N–H and O–H groups in total. The van der Waals surface area contributed by atoms with Gasteiger partial charge in [-0.15, -0.1) is 0 Å². The number of piperidine rings is 1. The summed E-state index contributed by atoms with van der Waals surface area (Å²) in [6.07, 6.45) is 4.70. The molecule has 4 rings (SSSR count). The van der Waals surface area contributed by atoms with Crippen molar-refractivity contribution in [2.24, 2.45) is 11.7 Å². The van der Waals surface area contributed by atoms with Gasteiger partial charge in [0.25, 0.3) is 0 Å². The molecule has 0 unspecified atom stereocenters. The number of hydrogen-bond acceptors (Lipinski definition) is 5. The average molecular weight is 399 g/mol. The van der Waals surface area contributed by atoms with Crippen LogP contribution in [0.1, 0.15) is 50.0 Å². The van der Waals surface area contributed by atoms with Gasteiger partial charge in [-0.2, -0.15) is 0 Å². The molecule has 1 atom stereocenters. The van der Waals surface area contributed by atoms with E-state index >= 15 is 0 Å². The van der Waals surface area contributed by atoms with Gasteiger partial charge in [0.1, 0.15) is 0 Å². The number of amides is 3. The zero-order valence-corrected chi connectivity index (χ0v) is 16.8. The van der Waals surface area contributed by atoms with Crippen molar-refractivity contribution in [2.45, 2.75) is 50.5 Å². The van der Waals surface area contributed by atoms with E-state index < -0.39 is 0 Å². The second-order valence-electron chi connectivity index (χ2n) is 8.52. The lowest BCUT2D eigenvalue weighted by molar-refractivity contribution is -0.137. The van der Waals surface area contributed by atoms with Crippen LogP contribution in [0.3, 0.4) is 0 Å². The Morgan fingerprint density at radius 3 is 2.21 bits per heavy atom. The third kappa shape index (κ3) is 4.45. The largest absolute Gasteiger partial charge is 0.368 e. The molecular formula is C22H30N4O3. The highest BCUT2D eigenvalue weighted by atomic mass is 16.2. The summed E-state index contributed by atoms with van der Waals surface area (Å²) in [4.78, 5) is 40.5. The maximum Gasteiger partial charge on any atom is 0.234 e. The number of imide groups is 1. The van der Waals surface area contributed by atoms with Crippen LogP contribution in [0.2, 0.25) is 0 Å². The van der Waals surface area contributed by atoms with Crippen LogP contribution in [0.4, 0.5) is 5.69 Å². The summed E-state index contributed by atoms with van der Waals surface area (Å²) in [7, 11) is 0. The van der Waals surface area contributed by atoms with E-state index in [2.05, 4.69) is 10.2 Å². The first kappa shape index (κ1) is 19.9. The molecule has 1 aliphatic carbocycles. The molecule has 7 nitrogen and oxygen atoms in total. The molecule has 3 amide bonds. The number of nitrogens with two attached hydrogens (primary N) is 1. The van der Waals surface area contributed by atoms with Crippen molar-refractivity contribution in [3.8, 4) is 0 Å². The van der Waals surface area contributed by atoms with Crippen LogP contribution >= 0.6 is 0 Å². The maximum atomic E-state index is 12.8. The van der Waals surface area contributed by atoms with E-state index in [9.17, 15) is 14.4 Å². The number of anilines is 1. The number of carbonyl (C=O) groups excluding carboxylic acids is 3. The number of nitrogens with zero attached hydrogens (tertiary/aromatic N) is 2. The van der Waals surface area contributed by atoms with Crippen LogP contribution in [-0.2, 0) is 14.4 Å². The minimum absolute atomic E-state index is 0.147. The van der Waals surface area contributed by atoms with Crippen LogP contribution < -0.4 is 16.0 Å². The smallest absolute Gasteiger partial charge is 0.234 e. The van der Waals surface area contributed by atoms with Crippen molar-refractivity contribution in [2.75, 3.05) is 31.1 Å². The molecule has 2 aliphatic heterocycles. The molecule has 1 saturated carbocycles. The van der Waals surface area contributed by atoms with Crippen LogP contribution in [0.5, 0.6) is 0 Å². The highest BCUT2D eigenvalue weighted by Gasteiger charge is 2.31. The molecule has 2 heterocycles. The molecule has 3 fully saturated rings. The first-order valence-corrected chi connectivity index (χ1v) is 10.7. The van der Waals surface area contributed by atoms with Gasteiger partial charge in [0, 0.05) is 50.2 Å². The first-order chi connectivity index (χ1) is 14.0. The topological polar surface area (TPSA) is 95.7 Å². The number of hydrogen-bond donors (Lipinski definition) is 2. The quantitative estimate of drug-likeness (QED) is 0.750. The second-order valence-corrected chi connectivity index (χ2v) is 8.52. The van der Waals surface area contributed by atoms with E-state index in [1.807, 2.05) is 29.2 Å². The molecule has 0 spiro atoms. The highest BCUT2D eigenvalue weighted by molar-refractivity contribution is 6.00. The van der Waals surface area contributed by atoms with Crippen molar-refractivity contribution < 1.29 is 14.4 Å². The Morgan fingerprint density at radius 2 is 1.59 bits per heavy atom. The molecule has 7 heteroatoms. The molecule has 0 radical (unpaired) electrons. The molecule has 0 aromatic heterocycles. The zero-order valence-electron chi connectivity index (χ0n) is 16.8. The molecule has 1 aromatic carbocycles. The summed E-state index contributed by atoms with van der Waals surface area (Å²) >= 11 is 0. The van der Waals surface area contributed by atoms with Gasteiger partial charge in [-0.25, -0.2) is 0 Å². The lowest BCUT2D eigenvalue weighted by Gasteiger charge is -2.38. The van der Waals surface area contributed by atoms with Crippen LogP contribution in [0, 0.1) is 5.92 Å². The third-order valence-corrected chi connectivity index (χ3v) is 6.61. The van der Waals surface area contributed by atoms with Gasteiger partial charge in [0.15, 0.2) is 0 Å². The molecular weight excluding hydrogens is 368 g/mol. The Kier molecular flexibility index (Phi) is 5.85. The maximum absolute atomic E-state index is 12.8. The summed E-state index contributed by atoms with van der Waals surface area (Å²) < 4.78 is 0. The Labute approximate surface area is 171 Å². The predicted molar refractivity (Wildman–Crippen MR) is 110 cm³/mol. The second kappa shape index (κ2) is 8.53. The lowest BCUT2D eigenvalue weighted by atomic mass is 9.85. The average Bonchev–Trinajstić information content (AvgIpc) is 2.74. The minimum atomic E-state index is -0.250. The van der Waals surface area contributed by atoms with Gasteiger partial charge in [-0.1, -0.05) is 12.1 Å². The van der Waals surface area contributed by atoms with E-state index in [1.54, 1.807) is 0 Å². The molecule has 1 aromatic rings. The Bertz CT molecular complexity index is 763. The minimum Gasteiger partial charge on any atom is -0.368 e. The van der Waals surface area contributed by atoms with Crippen molar-refractivity contribution in [3.63, 3.8) is 0 Å². The Balaban J connectivity index is 1.31. The summed E-state index contributed by atoms with van der Waals surface area (Å²) in [5, 5.41) is 2.42. The predicted octanol–water partition coefficient (Wildman–Crippen LogP) is 1.37. The van der Waals surface area contributed by atoms with E-state index in [4.69, 9.17) is 5.73 Å². The number of benzene rings is 1.